The minimum atomic E-state index is 0.178. The van der Waals surface area contributed by atoms with Crippen molar-refractivity contribution in [3.05, 3.63) is 47.4 Å². The molecule has 0 atom stereocenters. The van der Waals surface area contributed by atoms with E-state index in [0.717, 1.165) is 11.0 Å². The summed E-state index contributed by atoms with van der Waals surface area (Å²) in [6.07, 6.45) is 1.71. The molecule has 0 radical (unpaired) electrons. The van der Waals surface area contributed by atoms with Gasteiger partial charge in [-0.2, -0.15) is 5.26 Å². The summed E-state index contributed by atoms with van der Waals surface area (Å²) in [5, 5.41) is 9.38. The number of halogens is 1. The van der Waals surface area contributed by atoms with Gasteiger partial charge >= 0.3 is 0 Å². The number of para-hydroxylation sites is 2. The van der Waals surface area contributed by atoms with Crippen molar-refractivity contribution in [2.45, 2.75) is 6.42 Å². The zero-order chi connectivity index (χ0) is 14.1. The fourth-order valence-electron chi connectivity index (χ4n) is 2.11. The summed E-state index contributed by atoms with van der Waals surface area (Å²) in [6.45, 7) is 0. The molecule has 0 aliphatic heterocycles. The van der Waals surface area contributed by atoms with Gasteiger partial charge in [-0.05, 0) is 18.2 Å². The predicted molar refractivity (Wildman–Crippen MR) is 77.6 cm³/mol. The summed E-state index contributed by atoms with van der Waals surface area (Å²) in [4.78, 5) is 8.72. The van der Waals surface area contributed by atoms with E-state index < -0.39 is 0 Å². The van der Waals surface area contributed by atoms with Crippen LogP contribution in [0.4, 0.5) is 5.69 Å². The van der Waals surface area contributed by atoms with Gasteiger partial charge in [0, 0.05) is 0 Å². The molecule has 0 amide bonds. The Bertz CT molecular complexity index is 831. The van der Waals surface area contributed by atoms with E-state index in [2.05, 4.69) is 16.0 Å². The molecule has 98 valence electrons. The minimum Gasteiger partial charge on any atom is -0.397 e. The van der Waals surface area contributed by atoms with Gasteiger partial charge in [0.15, 0.2) is 5.82 Å². The van der Waals surface area contributed by atoms with Gasteiger partial charge in [-0.1, -0.05) is 23.7 Å². The summed E-state index contributed by atoms with van der Waals surface area (Å²) in [5.74, 6) is 1.13. The van der Waals surface area contributed by atoms with Crippen LogP contribution in [0, 0.1) is 11.3 Å². The molecule has 2 N–H and O–H groups in total. The molecule has 20 heavy (non-hydrogen) atoms. The van der Waals surface area contributed by atoms with Crippen LogP contribution in [0.25, 0.3) is 16.9 Å². The highest BCUT2D eigenvalue weighted by Crippen LogP contribution is 2.26. The lowest BCUT2D eigenvalue weighted by Gasteiger charge is -2.09. The minimum absolute atomic E-state index is 0.178. The molecule has 2 aromatic heterocycles. The van der Waals surface area contributed by atoms with Gasteiger partial charge in [-0.3, -0.25) is 4.57 Å². The van der Waals surface area contributed by atoms with Crippen LogP contribution >= 0.6 is 11.6 Å². The molecule has 5 nitrogen and oxygen atoms in total. The second-order valence-electron chi connectivity index (χ2n) is 4.26. The summed E-state index contributed by atoms with van der Waals surface area (Å²) in [7, 11) is 0. The first kappa shape index (κ1) is 12.5. The molecule has 0 unspecified atom stereocenters. The van der Waals surface area contributed by atoms with Crippen LogP contribution in [0.3, 0.4) is 0 Å². The van der Waals surface area contributed by atoms with Gasteiger partial charge in [0.05, 0.1) is 40.4 Å². The molecule has 0 aliphatic carbocycles. The van der Waals surface area contributed by atoms with Gasteiger partial charge in [0.25, 0.3) is 0 Å². The number of aromatic nitrogens is 3. The number of nitrogen functional groups attached to an aromatic ring is 1. The van der Waals surface area contributed by atoms with Crippen LogP contribution in [0.2, 0.25) is 5.02 Å². The molecule has 1 aromatic carbocycles. The first-order valence-corrected chi connectivity index (χ1v) is 6.33. The van der Waals surface area contributed by atoms with Crippen molar-refractivity contribution in [3.63, 3.8) is 0 Å². The monoisotopic (exact) mass is 283 g/mol. The second-order valence-corrected chi connectivity index (χ2v) is 4.67. The molecule has 3 aromatic rings. The highest BCUT2D eigenvalue weighted by atomic mass is 35.5. The number of nitrogens with two attached hydrogens (primary N) is 1. The van der Waals surface area contributed by atoms with Crippen molar-refractivity contribution in [1.82, 2.24) is 14.5 Å². The van der Waals surface area contributed by atoms with Crippen LogP contribution in [0.1, 0.15) is 5.82 Å². The molecule has 3 rings (SSSR count). The van der Waals surface area contributed by atoms with Crippen LogP contribution in [0.5, 0.6) is 0 Å². The Hall–Kier alpha value is -2.58. The Labute approximate surface area is 120 Å². The van der Waals surface area contributed by atoms with E-state index in [1.54, 1.807) is 10.6 Å². The highest BCUT2D eigenvalue weighted by Gasteiger charge is 2.15. The maximum absolute atomic E-state index is 8.95. The average molecular weight is 284 g/mol. The molecular formula is C14H10ClN5. The lowest BCUT2D eigenvalue weighted by atomic mass is 10.3. The first-order chi connectivity index (χ1) is 9.70. The summed E-state index contributed by atoms with van der Waals surface area (Å²) >= 11 is 6.22. The zero-order valence-electron chi connectivity index (χ0n) is 10.4. The molecule has 0 spiro atoms. The molecule has 0 saturated carbocycles. The fourth-order valence-corrected chi connectivity index (χ4v) is 2.37. The molecule has 0 fully saturated rings. The van der Waals surface area contributed by atoms with Crippen LogP contribution in [-0.4, -0.2) is 14.5 Å². The molecule has 0 saturated heterocycles. The van der Waals surface area contributed by atoms with Gasteiger partial charge in [0.2, 0.25) is 0 Å². The standard InChI is InChI=1S/C14H10ClN5/c15-10-7-9(17)8-18-14(10)20-12-4-2-1-3-11(12)19-13(20)5-6-16/h1-4,7-8H,5,17H2. The fraction of sp³-hybridized carbons (Fsp3) is 0.0714. The van der Waals surface area contributed by atoms with Gasteiger partial charge < -0.3 is 5.73 Å². The summed E-state index contributed by atoms with van der Waals surface area (Å²) in [6, 6.07) is 11.3. The third kappa shape index (κ3) is 1.96. The summed E-state index contributed by atoms with van der Waals surface area (Å²) in [5.41, 5.74) is 7.81. The molecule has 0 bridgehead atoms. The van der Waals surface area contributed by atoms with Gasteiger partial charge in [-0.25, -0.2) is 9.97 Å². The highest BCUT2D eigenvalue weighted by molar-refractivity contribution is 6.32. The number of benzene rings is 1. The number of nitrogens with zero attached hydrogens (tertiary/aromatic N) is 4. The quantitative estimate of drug-likeness (QED) is 0.784. The lowest BCUT2D eigenvalue weighted by Crippen LogP contribution is -2.04. The first-order valence-electron chi connectivity index (χ1n) is 5.95. The largest absolute Gasteiger partial charge is 0.397 e. The van der Waals surface area contributed by atoms with Crippen molar-refractivity contribution in [2.24, 2.45) is 0 Å². The molecule has 2 heterocycles. The number of imidazole rings is 1. The maximum atomic E-state index is 8.95. The van der Waals surface area contributed by atoms with E-state index in [9.17, 15) is 0 Å². The van der Waals surface area contributed by atoms with Gasteiger partial charge in [0.1, 0.15) is 5.82 Å². The van der Waals surface area contributed by atoms with Crippen molar-refractivity contribution in [2.75, 3.05) is 5.73 Å². The molecule has 0 aliphatic rings. The van der Waals surface area contributed by atoms with Crippen molar-refractivity contribution >= 4 is 28.3 Å². The maximum Gasteiger partial charge on any atom is 0.157 e. The second kappa shape index (κ2) is 4.83. The van der Waals surface area contributed by atoms with Crippen molar-refractivity contribution < 1.29 is 0 Å². The molecular weight excluding hydrogens is 274 g/mol. The van der Waals surface area contributed by atoms with Crippen LogP contribution in [0.15, 0.2) is 36.5 Å². The smallest absolute Gasteiger partial charge is 0.157 e. The van der Waals surface area contributed by atoms with Crippen molar-refractivity contribution in [1.29, 1.82) is 5.26 Å². The zero-order valence-corrected chi connectivity index (χ0v) is 11.2. The number of rotatable bonds is 2. The predicted octanol–water partition coefficient (Wildman–Crippen LogP) is 2.72. The average Bonchev–Trinajstić information content (AvgIpc) is 2.78. The Morgan fingerprint density at radius 3 is 2.90 bits per heavy atom. The number of anilines is 1. The lowest BCUT2D eigenvalue weighted by molar-refractivity contribution is 0.922. The normalized spacial score (nSPS) is 10.6. The van der Waals surface area contributed by atoms with E-state index in [4.69, 9.17) is 22.6 Å². The van der Waals surface area contributed by atoms with Crippen LogP contribution < -0.4 is 5.73 Å². The number of hydrogen-bond acceptors (Lipinski definition) is 4. The van der Waals surface area contributed by atoms with Gasteiger partial charge in [-0.15, -0.1) is 0 Å². The SMILES string of the molecule is N#CCc1nc2ccccc2n1-c1ncc(N)cc1Cl. The van der Waals surface area contributed by atoms with Crippen LogP contribution in [-0.2, 0) is 6.42 Å². The number of nitriles is 1. The Morgan fingerprint density at radius 1 is 1.35 bits per heavy atom. The van der Waals surface area contributed by atoms with Crippen molar-refractivity contribution in [3.8, 4) is 11.9 Å². The van der Waals surface area contributed by atoms with E-state index in [1.807, 2.05) is 24.3 Å². The summed E-state index contributed by atoms with van der Waals surface area (Å²) < 4.78 is 1.79. The number of hydrogen-bond donors (Lipinski definition) is 1. The Kier molecular flexibility index (Phi) is 3.01. The van der Waals surface area contributed by atoms with E-state index in [-0.39, 0.29) is 6.42 Å². The third-order valence-corrected chi connectivity index (χ3v) is 3.20. The Balaban J connectivity index is 2.33. The number of fused-ring (bicyclic) bond motifs is 1. The number of pyridine rings is 1. The van der Waals surface area contributed by atoms with E-state index in [1.165, 1.54) is 6.20 Å². The topological polar surface area (TPSA) is 80.5 Å². The van der Waals surface area contributed by atoms with E-state index in [0.29, 0.717) is 22.4 Å². The third-order valence-electron chi connectivity index (χ3n) is 2.92. The Morgan fingerprint density at radius 2 is 2.15 bits per heavy atom. The molecule has 6 heteroatoms. The van der Waals surface area contributed by atoms with E-state index >= 15 is 0 Å².